The monoisotopic (exact) mass is 479 g/mol. The molecule has 0 aliphatic carbocycles. The van der Waals surface area contributed by atoms with Gasteiger partial charge in [0.1, 0.15) is 18.2 Å². The van der Waals surface area contributed by atoms with E-state index in [9.17, 15) is 5.26 Å². The maximum Gasteiger partial charge on any atom is 0.216 e. The van der Waals surface area contributed by atoms with E-state index in [1.54, 1.807) is 0 Å². The van der Waals surface area contributed by atoms with E-state index in [0.717, 1.165) is 61.0 Å². The fraction of sp³-hybridized carbons (Fsp3) is 0.118. The van der Waals surface area contributed by atoms with Crippen LogP contribution in [0.25, 0.3) is 55.4 Å². The predicted molar refractivity (Wildman–Crippen MR) is 150 cm³/mol. The van der Waals surface area contributed by atoms with Crippen molar-refractivity contribution in [3.8, 4) is 39.6 Å². The average molecular weight is 480 g/mol. The molecule has 0 aliphatic rings. The van der Waals surface area contributed by atoms with Crippen molar-refractivity contribution in [1.29, 1.82) is 5.26 Å². The van der Waals surface area contributed by atoms with Crippen molar-refractivity contribution in [1.82, 2.24) is 0 Å². The number of aryl methyl sites for hydroxylation is 4. The van der Waals surface area contributed by atoms with Gasteiger partial charge in [-0.3, -0.25) is 0 Å². The van der Waals surface area contributed by atoms with Crippen LogP contribution in [0, 0.1) is 32.1 Å². The van der Waals surface area contributed by atoms with Crippen LogP contribution >= 0.6 is 0 Å². The molecule has 0 unspecified atom stereocenters. The highest BCUT2D eigenvalue weighted by Crippen LogP contribution is 2.43. The molecule has 2 heterocycles. The van der Waals surface area contributed by atoms with Crippen LogP contribution in [0.3, 0.4) is 0 Å². The fourth-order valence-corrected chi connectivity index (χ4v) is 5.57. The quantitative estimate of drug-likeness (QED) is 0.240. The Kier molecular flexibility index (Phi) is 5.39. The molecule has 0 bridgehead atoms. The van der Waals surface area contributed by atoms with Crippen LogP contribution in [0.5, 0.6) is 0 Å². The Morgan fingerprint density at radius 2 is 1.46 bits per heavy atom. The second-order valence-corrected chi connectivity index (χ2v) is 9.82. The summed E-state index contributed by atoms with van der Waals surface area (Å²) in [4.78, 5) is 0. The third-order valence-electron chi connectivity index (χ3n) is 7.22. The van der Waals surface area contributed by atoms with Crippen molar-refractivity contribution in [2.75, 3.05) is 0 Å². The molecule has 6 aromatic rings. The predicted octanol–water partition coefficient (Wildman–Crippen LogP) is 8.21. The molecule has 3 heteroatoms. The molecular weight excluding hydrogens is 452 g/mol. The van der Waals surface area contributed by atoms with Crippen LogP contribution in [0.2, 0.25) is 0 Å². The number of nitrogens with zero attached hydrogens (tertiary/aromatic N) is 2. The van der Waals surface area contributed by atoms with E-state index in [-0.39, 0.29) is 0 Å². The van der Waals surface area contributed by atoms with Gasteiger partial charge in [-0.1, -0.05) is 54.6 Å². The highest BCUT2D eigenvalue weighted by Gasteiger charge is 2.24. The number of benzene rings is 4. The second-order valence-electron chi connectivity index (χ2n) is 9.82. The summed E-state index contributed by atoms with van der Waals surface area (Å²) in [6.45, 7) is 6.37. The van der Waals surface area contributed by atoms with Gasteiger partial charge in [0.05, 0.1) is 17.2 Å². The summed E-state index contributed by atoms with van der Waals surface area (Å²) in [6.07, 6.45) is 2.14. The van der Waals surface area contributed by atoms with Gasteiger partial charge in [-0.25, -0.2) is 4.57 Å². The van der Waals surface area contributed by atoms with Crippen LogP contribution in [0.4, 0.5) is 0 Å². The smallest absolute Gasteiger partial charge is 0.216 e. The Labute approximate surface area is 216 Å². The minimum Gasteiger partial charge on any atom is -0.454 e. The van der Waals surface area contributed by atoms with Crippen LogP contribution in [0.1, 0.15) is 22.3 Å². The van der Waals surface area contributed by atoms with E-state index in [1.165, 1.54) is 11.1 Å². The lowest BCUT2D eigenvalue weighted by molar-refractivity contribution is -0.660. The van der Waals surface area contributed by atoms with Gasteiger partial charge in [0.25, 0.3) is 0 Å². The van der Waals surface area contributed by atoms with Gasteiger partial charge < -0.3 is 4.42 Å². The molecule has 0 spiro atoms. The lowest BCUT2D eigenvalue weighted by Gasteiger charge is -2.08. The zero-order chi connectivity index (χ0) is 25.7. The molecule has 0 N–H and O–H groups in total. The molecule has 6 rings (SSSR count). The summed E-state index contributed by atoms with van der Waals surface area (Å²) >= 11 is 0. The molecule has 0 saturated heterocycles. The Morgan fingerprint density at radius 3 is 2.22 bits per heavy atom. The van der Waals surface area contributed by atoms with Crippen LogP contribution < -0.4 is 4.57 Å². The molecule has 0 amide bonds. The zero-order valence-corrected chi connectivity index (χ0v) is 21.5. The van der Waals surface area contributed by atoms with Crippen molar-refractivity contribution < 1.29 is 8.98 Å². The first-order chi connectivity index (χ1) is 18.0. The lowest BCUT2D eigenvalue weighted by atomic mass is 9.93. The number of furan rings is 1. The van der Waals surface area contributed by atoms with E-state index in [0.29, 0.717) is 5.56 Å². The largest absolute Gasteiger partial charge is 0.454 e. The number of nitriles is 1. The third-order valence-corrected chi connectivity index (χ3v) is 7.22. The Bertz CT molecular complexity index is 1870. The van der Waals surface area contributed by atoms with E-state index in [1.807, 2.05) is 36.4 Å². The number of hydrogen-bond acceptors (Lipinski definition) is 2. The SMILES string of the molecule is Cc1ccc(-c2c(C)cc(C)c3c2oc2c(-c4cccc(-c5ccccc5)c4)c(C#N)ccc23)[n+](C)c1. The summed E-state index contributed by atoms with van der Waals surface area (Å²) in [5.41, 5.74) is 12.0. The molecule has 0 fully saturated rings. The summed E-state index contributed by atoms with van der Waals surface area (Å²) in [5, 5.41) is 12.2. The van der Waals surface area contributed by atoms with Crippen molar-refractivity contribution in [2.24, 2.45) is 7.05 Å². The number of hydrogen-bond donors (Lipinski definition) is 0. The summed E-state index contributed by atoms with van der Waals surface area (Å²) in [7, 11) is 2.07. The summed E-state index contributed by atoms with van der Waals surface area (Å²) < 4.78 is 8.95. The van der Waals surface area contributed by atoms with Gasteiger partial charge in [0.2, 0.25) is 5.69 Å². The molecule has 0 atom stereocenters. The Morgan fingerprint density at radius 1 is 0.703 bits per heavy atom. The minimum atomic E-state index is 0.605. The first-order valence-corrected chi connectivity index (χ1v) is 12.5. The van der Waals surface area contributed by atoms with E-state index < -0.39 is 0 Å². The summed E-state index contributed by atoms with van der Waals surface area (Å²) in [6, 6.07) is 31.6. The number of pyridine rings is 1. The number of rotatable bonds is 3. The minimum absolute atomic E-state index is 0.605. The van der Waals surface area contributed by atoms with Crippen molar-refractivity contribution in [3.05, 3.63) is 113 Å². The van der Waals surface area contributed by atoms with Gasteiger partial charge in [-0.15, -0.1) is 0 Å². The molecule has 3 nitrogen and oxygen atoms in total. The number of aromatic nitrogens is 1. The maximum absolute atomic E-state index is 10.1. The topological polar surface area (TPSA) is 40.8 Å². The van der Waals surface area contributed by atoms with E-state index in [4.69, 9.17) is 4.42 Å². The van der Waals surface area contributed by atoms with Gasteiger partial charge in [0, 0.05) is 28.0 Å². The van der Waals surface area contributed by atoms with Crippen molar-refractivity contribution in [3.63, 3.8) is 0 Å². The molecule has 37 heavy (non-hydrogen) atoms. The first kappa shape index (κ1) is 22.8. The highest BCUT2D eigenvalue weighted by atomic mass is 16.3. The lowest BCUT2D eigenvalue weighted by Crippen LogP contribution is -2.31. The third kappa shape index (κ3) is 3.70. The van der Waals surface area contributed by atoms with Crippen LogP contribution in [0.15, 0.2) is 95.5 Å². The van der Waals surface area contributed by atoms with Gasteiger partial charge in [-0.05, 0) is 72.9 Å². The molecule has 0 radical (unpaired) electrons. The molecule has 0 saturated carbocycles. The zero-order valence-electron chi connectivity index (χ0n) is 21.5. The molecule has 178 valence electrons. The molecular formula is C34H27N2O+. The van der Waals surface area contributed by atoms with E-state index >= 15 is 0 Å². The second kappa shape index (κ2) is 8.76. The van der Waals surface area contributed by atoms with E-state index in [2.05, 4.69) is 93.2 Å². The molecule has 0 aliphatic heterocycles. The summed E-state index contributed by atoms with van der Waals surface area (Å²) in [5.74, 6) is 0. The van der Waals surface area contributed by atoms with Gasteiger partial charge in [-0.2, -0.15) is 5.26 Å². The van der Waals surface area contributed by atoms with Crippen LogP contribution in [-0.2, 0) is 7.05 Å². The first-order valence-electron chi connectivity index (χ1n) is 12.5. The van der Waals surface area contributed by atoms with Crippen LogP contribution in [-0.4, -0.2) is 0 Å². The number of fused-ring (bicyclic) bond motifs is 3. The molecule has 4 aromatic carbocycles. The van der Waals surface area contributed by atoms with Gasteiger partial charge in [0.15, 0.2) is 6.20 Å². The Hall–Kier alpha value is -4.68. The maximum atomic E-state index is 10.1. The fourth-order valence-electron chi connectivity index (χ4n) is 5.57. The standard InChI is InChI=1S/C34H27N2O/c1-21-13-16-29(36(4)20-21)31-23(3)17-22(2)30-28-15-14-27(19-35)32(33(28)37-34(30)31)26-12-8-11-25(18-26)24-9-6-5-7-10-24/h5-18,20H,1-4H3/q+1. The average Bonchev–Trinajstić information content (AvgIpc) is 3.29. The molecule has 2 aromatic heterocycles. The van der Waals surface area contributed by atoms with Crippen molar-refractivity contribution >= 4 is 21.9 Å². The van der Waals surface area contributed by atoms with Crippen molar-refractivity contribution in [2.45, 2.75) is 20.8 Å². The normalized spacial score (nSPS) is 11.2. The Balaban J connectivity index is 1.69. The highest BCUT2D eigenvalue weighted by molar-refractivity contribution is 6.15. The van der Waals surface area contributed by atoms with Gasteiger partial charge >= 0.3 is 0 Å².